The number of allylic oxidation sites excluding steroid dienone is 1. The minimum Gasteiger partial charge on any atom is -0.497 e. The highest BCUT2D eigenvalue weighted by Gasteiger charge is 2.28. The summed E-state index contributed by atoms with van der Waals surface area (Å²) in [5.74, 6) is 2.06. The summed E-state index contributed by atoms with van der Waals surface area (Å²) >= 11 is 0. The summed E-state index contributed by atoms with van der Waals surface area (Å²) in [6.07, 6.45) is 0.0801. The molecule has 0 unspecified atom stereocenters. The minimum atomic E-state index is -0.663. The van der Waals surface area contributed by atoms with Gasteiger partial charge < -0.3 is 33.2 Å². The number of hydrogen-bond acceptors (Lipinski definition) is 9. The third-order valence-corrected chi connectivity index (χ3v) is 6.08. The van der Waals surface area contributed by atoms with Crippen molar-refractivity contribution >= 4 is 17.3 Å². The van der Waals surface area contributed by atoms with Gasteiger partial charge in [0, 0.05) is 17.6 Å². The Kier molecular flexibility index (Phi) is 6.59. The number of benzene rings is 3. The highest BCUT2D eigenvalue weighted by atomic mass is 16.7. The van der Waals surface area contributed by atoms with Gasteiger partial charge in [-0.15, -0.1) is 0 Å². The molecule has 2 aliphatic heterocycles. The Labute approximate surface area is 213 Å². The quantitative estimate of drug-likeness (QED) is 0.254. The van der Waals surface area contributed by atoms with E-state index in [1.165, 1.54) is 14.2 Å². The highest BCUT2D eigenvalue weighted by Crippen LogP contribution is 2.43. The summed E-state index contributed by atoms with van der Waals surface area (Å²) in [5.41, 5.74) is 1.85. The molecule has 0 fully saturated rings. The first-order valence-electron chi connectivity index (χ1n) is 11.4. The van der Waals surface area contributed by atoms with Gasteiger partial charge in [-0.3, -0.25) is 4.79 Å². The molecule has 0 bridgehead atoms. The van der Waals surface area contributed by atoms with Crippen LogP contribution in [0.4, 0.5) is 0 Å². The smallest absolute Gasteiger partial charge is 0.338 e. The van der Waals surface area contributed by atoms with Crippen LogP contribution in [0.15, 0.2) is 60.2 Å². The Morgan fingerprint density at radius 2 is 1.46 bits per heavy atom. The Bertz CT molecular complexity index is 1390. The Morgan fingerprint density at radius 1 is 0.757 bits per heavy atom. The second-order valence-electron chi connectivity index (χ2n) is 8.18. The van der Waals surface area contributed by atoms with E-state index in [1.54, 1.807) is 61.7 Å². The van der Waals surface area contributed by atoms with Crippen molar-refractivity contribution in [1.29, 1.82) is 0 Å². The van der Waals surface area contributed by atoms with Crippen molar-refractivity contribution in [2.45, 2.75) is 6.42 Å². The summed E-state index contributed by atoms with van der Waals surface area (Å²) in [6, 6.07) is 15.2. The summed E-state index contributed by atoms with van der Waals surface area (Å²) in [4.78, 5) is 27.2. The summed E-state index contributed by atoms with van der Waals surface area (Å²) < 4.78 is 37.8. The number of Topliss-reactive ketones (excluding diaryl/α,β-unsaturated/α-hetero) is 1. The fourth-order valence-electron chi connectivity index (χ4n) is 4.26. The monoisotopic (exact) mass is 504 g/mol. The zero-order valence-corrected chi connectivity index (χ0v) is 20.5. The zero-order valence-electron chi connectivity index (χ0n) is 20.5. The van der Waals surface area contributed by atoms with Crippen molar-refractivity contribution in [2.24, 2.45) is 0 Å². The lowest BCUT2D eigenvalue weighted by Crippen LogP contribution is -2.15. The molecule has 3 aromatic rings. The van der Waals surface area contributed by atoms with Crippen LogP contribution in [0.5, 0.6) is 34.5 Å². The topological polar surface area (TPSA) is 98.8 Å². The molecule has 5 rings (SSSR count). The maximum Gasteiger partial charge on any atom is 0.338 e. The molecule has 37 heavy (non-hydrogen) atoms. The van der Waals surface area contributed by atoms with Gasteiger partial charge >= 0.3 is 5.97 Å². The molecule has 2 aliphatic rings. The number of ketones is 1. The number of ether oxygens (including phenoxy) is 7. The van der Waals surface area contributed by atoms with Gasteiger partial charge in [0.25, 0.3) is 0 Å². The minimum absolute atomic E-state index is 0.0627. The lowest BCUT2D eigenvalue weighted by molar-refractivity contribution is -0.133. The van der Waals surface area contributed by atoms with Crippen LogP contribution in [0, 0.1) is 0 Å². The van der Waals surface area contributed by atoms with Crippen LogP contribution in [0.1, 0.15) is 21.5 Å². The summed E-state index contributed by atoms with van der Waals surface area (Å²) in [6.45, 7) is 0.137. The molecule has 0 saturated carbocycles. The molecular weight excluding hydrogens is 480 g/mol. The van der Waals surface area contributed by atoms with Gasteiger partial charge in [-0.2, -0.15) is 0 Å². The molecule has 0 spiro atoms. The van der Waals surface area contributed by atoms with Crippen LogP contribution < -0.4 is 28.4 Å². The second kappa shape index (κ2) is 10.1. The van der Waals surface area contributed by atoms with E-state index in [1.807, 2.05) is 0 Å². The largest absolute Gasteiger partial charge is 0.497 e. The van der Waals surface area contributed by atoms with Gasteiger partial charge in [-0.05, 0) is 59.7 Å². The third-order valence-electron chi connectivity index (χ3n) is 6.08. The first kappa shape index (κ1) is 24.1. The average molecular weight is 504 g/mol. The molecule has 3 aromatic carbocycles. The maximum absolute atomic E-state index is 14.0. The van der Waals surface area contributed by atoms with Crippen molar-refractivity contribution in [3.8, 4) is 34.5 Å². The number of carbonyl (C=O) groups excluding carboxylic acids is 2. The fraction of sp³-hybridized carbons (Fsp3) is 0.214. The molecule has 9 nitrogen and oxygen atoms in total. The molecule has 0 atom stereocenters. The van der Waals surface area contributed by atoms with Crippen molar-refractivity contribution in [3.05, 3.63) is 76.9 Å². The summed E-state index contributed by atoms with van der Waals surface area (Å²) in [7, 11) is 4.34. The molecule has 0 saturated heterocycles. The first-order chi connectivity index (χ1) is 18.0. The lowest BCUT2D eigenvalue weighted by atomic mass is 9.89. The third kappa shape index (κ3) is 4.63. The Balaban J connectivity index is 1.68. The zero-order chi connectivity index (χ0) is 25.9. The lowest BCUT2D eigenvalue weighted by Gasteiger charge is -2.16. The van der Waals surface area contributed by atoms with E-state index < -0.39 is 5.97 Å². The molecule has 2 heterocycles. The molecule has 0 radical (unpaired) electrons. The second-order valence-corrected chi connectivity index (χ2v) is 8.18. The molecule has 0 amide bonds. The number of methoxy groups -OCH3 is 3. The number of rotatable bonds is 8. The van der Waals surface area contributed by atoms with Crippen molar-refractivity contribution in [2.75, 3.05) is 34.9 Å². The molecule has 0 aromatic heterocycles. The van der Waals surface area contributed by atoms with Crippen molar-refractivity contribution in [3.63, 3.8) is 0 Å². The number of fused-ring (bicyclic) bond motifs is 2. The SMILES string of the molecule is COC(=O)/C(=C(/Cc1cc(OC)c2c(c1)OCO2)C(=O)c1ccc(OC)cc1)c1ccc2c(c1)OCO2. The van der Waals surface area contributed by atoms with Gasteiger partial charge in [-0.25, -0.2) is 4.79 Å². The van der Waals surface area contributed by atoms with Crippen LogP contribution in [-0.2, 0) is 16.0 Å². The highest BCUT2D eigenvalue weighted by molar-refractivity contribution is 6.27. The Hall–Kier alpha value is -4.66. The van der Waals surface area contributed by atoms with E-state index in [0.717, 1.165) is 0 Å². The molecular formula is C28H24O9. The van der Waals surface area contributed by atoms with Crippen LogP contribution >= 0.6 is 0 Å². The van der Waals surface area contributed by atoms with Crippen LogP contribution in [-0.4, -0.2) is 46.7 Å². The van der Waals surface area contributed by atoms with E-state index in [4.69, 9.17) is 33.2 Å². The van der Waals surface area contributed by atoms with E-state index in [2.05, 4.69) is 0 Å². The average Bonchev–Trinajstić information content (AvgIpc) is 3.61. The van der Waals surface area contributed by atoms with Crippen LogP contribution in [0.2, 0.25) is 0 Å². The fourth-order valence-corrected chi connectivity index (χ4v) is 4.26. The normalized spacial score (nSPS) is 13.6. The van der Waals surface area contributed by atoms with E-state index in [-0.39, 0.29) is 36.9 Å². The predicted molar refractivity (Wildman–Crippen MR) is 132 cm³/mol. The Morgan fingerprint density at radius 3 is 2.19 bits per heavy atom. The molecule has 0 N–H and O–H groups in total. The van der Waals surface area contributed by atoms with Gasteiger partial charge in [0.05, 0.1) is 26.9 Å². The first-order valence-corrected chi connectivity index (χ1v) is 11.4. The maximum atomic E-state index is 14.0. The van der Waals surface area contributed by atoms with Gasteiger partial charge in [-0.1, -0.05) is 6.07 Å². The molecule has 0 aliphatic carbocycles. The number of esters is 1. The number of carbonyl (C=O) groups is 2. The van der Waals surface area contributed by atoms with E-state index >= 15 is 0 Å². The summed E-state index contributed by atoms with van der Waals surface area (Å²) in [5, 5.41) is 0. The van der Waals surface area contributed by atoms with Crippen LogP contribution in [0.3, 0.4) is 0 Å². The van der Waals surface area contributed by atoms with Crippen molar-refractivity contribution in [1.82, 2.24) is 0 Å². The van der Waals surface area contributed by atoms with Gasteiger partial charge in [0.1, 0.15) is 5.75 Å². The predicted octanol–water partition coefficient (Wildman–Crippen LogP) is 4.21. The molecule has 190 valence electrons. The van der Waals surface area contributed by atoms with Crippen LogP contribution in [0.25, 0.3) is 5.57 Å². The molecule has 9 heteroatoms. The van der Waals surface area contributed by atoms with E-state index in [0.29, 0.717) is 51.2 Å². The van der Waals surface area contributed by atoms with Crippen molar-refractivity contribution < 1.29 is 42.7 Å². The standard InChI is InChI=1S/C28H24O9/c1-31-19-7-4-17(5-8-19)26(29)20(10-16-11-23(32-2)27-24(12-16)36-15-37-27)25(28(30)33-3)18-6-9-21-22(13-18)35-14-34-21/h4-9,11-13H,10,14-15H2,1-3H3/b25-20-. The van der Waals surface area contributed by atoms with Gasteiger partial charge in [0.2, 0.25) is 19.3 Å². The number of hydrogen-bond donors (Lipinski definition) is 0. The van der Waals surface area contributed by atoms with E-state index in [9.17, 15) is 9.59 Å². The van der Waals surface area contributed by atoms with Gasteiger partial charge in [0.15, 0.2) is 28.8 Å².